The zero-order valence-corrected chi connectivity index (χ0v) is 17.7. The van der Waals surface area contributed by atoms with Crippen LogP contribution >= 0.6 is 23.6 Å². The minimum absolute atomic E-state index is 0.121. The number of carbonyl (C=O) groups is 1. The van der Waals surface area contributed by atoms with E-state index in [1.54, 1.807) is 0 Å². The minimum atomic E-state index is -0.121. The maximum atomic E-state index is 12.6. The lowest BCUT2D eigenvalue weighted by Crippen LogP contribution is -2.26. The van der Waals surface area contributed by atoms with E-state index < -0.39 is 0 Å². The Balaban J connectivity index is 1.65. The number of hydrogen-bond acceptors (Lipinski definition) is 6. The summed E-state index contributed by atoms with van der Waals surface area (Å²) in [5.41, 5.74) is 1.69. The zero-order valence-electron chi connectivity index (χ0n) is 16.1. The Morgan fingerprint density at radius 1 is 1.32 bits per heavy atom. The molecule has 2 N–H and O–H groups in total. The molecule has 0 saturated carbocycles. The standard InChI is InChI=1S/C19H23N5O2S2/c1-4-24-15(22-23-19(24)27)10-11-20-17(25)16-12(3)21-18(28-16)13-6-8-14(9-7-13)26-5-2/h6-9H,4-5,10-11H2,1-3H3,(H,20,25)(H,23,27). The fourth-order valence-electron chi connectivity index (χ4n) is 2.83. The van der Waals surface area contributed by atoms with E-state index in [0.717, 1.165) is 34.4 Å². The van der Waals surface area contributed by atoms with Gasteiger partial charge < -0.3 is 14.6 Å². The number of H-pyrrole nitrogens is 1. The van der Waals surface area contributed by atoms with Crippen molar-refractivity contribution >= 4 is 29.5 Å². The highest BCUT2D eigenvalue weighted by Gasteiger charge is 2.16. The van der Waals surface area contributed by atoms with Crippen molar-refractivity contribution < 1.29 is 9.53 Å². The molecule has 9 heteroatoms. The molecule has 3 rings (SSSR count). The third-order valence-electron chi connectivity index (χ3n) is 4.20. The molecule has 2 aromatic heterocycles. The molecule has 1 aromatic carbocycles. The number of aromatic nitrogens is 4. The molecule has 0 spiro atoms. The highest BCUT2D eigenvalue weighted by Crippen LogP contribution is 2.29. The van der Waals surface area contributed by atoms with Crippen molar-refractivity contribution in [3.05, 3.63) is 45.4 Å². The highest BCUT2D eigenvalue weighted by atomic mass is 32.1. The topological polar surface area (TPSA) is 84.8 Å². The molecule has 0 radical (unpaired) electrons. The molecule has 0 aliphatic heterocycles. The summed E-state index contributed by atoms with van der Waals surface area (Å²) in [5.74, 6) is 1.54. The molecule has 1 amide bonds. The Morgan fingerprint density at radius 3 is 2.75 bits per heavy atom. The number of ether oxygens (including phenoxy) is 1. The lowest BCUT2D eigenvalue weighted by molar-refractivity contribution is 0.0957. The first-order valence-electron chi connectivity index (χ1n) is 9.16. The first-order chi connectivity index (χ1) is 13.5. The van der Waals surface area contributed by atoms with Gasteiger partial charge in [-0.1, -0.05) is 0 Å². The number of thiazole rings is 1. The van der Waals surface area contributed by atoms with Crippen molar-refractivity contribution in [1.29, 1.82) is 0 Å². The molecular formula is C19H23N5O2S2. The average molecular weight is 418 g/mol. The van der Waals surface area contributed by atoms with E-state index in [-0.39, 0.29) is 5.91 Å². The molecule has 0 aliphatic rings. The van der Waals surface area contributed by atoms with Gasteiger partial charge in [0.15, 0.2) is 4.77 Å². The Hall–Kier alpha value is -2.52. The number of amides is 1. The molecule has 28 heavy (non-hydrogen) atoms. The summed E-state index contributed by atoms with van der Waals surface area (Å²) in [6.45, 7) is 7.67. The zero-order chi connectivity index (χ0) is 20.1. The largest absolute Gasteiger partial charge is 0.494 e. The number of rotatable bonds is 8. The van der Waals surface area contributed by atoms with Crippen molar-refractivity contribution in [2.45, 2.75) is 33.7 Å². The number of hydrogen-bond donors (Lipinski definition) is 2. The number of benzene rings is 1. The Kier molecular flexibility index (Phi) is 6.58. The van der Waals surface area contributed by atoms with Gasteiger partial charge in [0.25, 0.3) is 5.91 Å². The molecule has 3 aromatic rings. The lowest BCUT2D eigenvalue weighted by atomic mass is 10.2. The van der Waals surface area contributed by atoms with E-state index in [1.165, 1.54) is 11.3 Å². The van der Waals surface area contributed by atoms with Crippen molar-refractivity contribution in [1.82, 2.24) is 25.1 Å². The second-order valence-corrected chi connectivity index (χ2v) is 7.47. The molecular weight excluding hydrogens is 394 g/mol. The van der Waals surface area contributed by atoms with Crippen molar-refractivity contribution in [2.24, 2.45) is 0 Å². The number of aryl methyl sites for hydroxylation is 1. The number of aromatic amines is 1. The fourth-order valence-corrected chi connectivity index (χ4v) is 4.09. The second kappa shape index (κ2) is 9.11. The van der Waals surface area contributed by atoms with Crippen molar-refractivity contribution in [2.75, 3.05) is 13.2 Å². The summed E-state index contributed by atoms with van der Waals surface area (Å²) < 4.78 is 7.99. The molecule has 7 nitrogen and oxygen atoms in total. The second-order valence-electron chi connectivity index (χ2n) is 6.09. The van der Waals surface area contributed by atoms with Gasteiger partial charge in [-0.15, -0.1) is 11.3 Å². The van der Waals surface area contributed by atoms with E-state index in [0.29, 0.717) is 29.2 Å². The molecule has 0 unspecified atom stereocenters. The molecule has 0 aliphatic carbocycles. The number of nitrogens with one attached hydrogen (secondary N) is 2. The van der Waals surface area contributed by atoms with Gasteiger partial charge in [-0.05, 0) is 57.3 Å². The van der Waals surface area contributed by atoms with Gasteiger partial charge in [0.1, 0.15) is 21.5 Å². The van der Waals surface area contributed by atoms with Crippen molar-refractivity contribution in [3.63, 3.8) is 0 Å². The predicted molar refractivity (Wildman–Crippen MR) is 113 cm³/mol. The van der Waals surface area contributed by atoms with E-state index in [1.807, 2.05) is 49.6 Å². The normalized spacial score (nSPS) is 10.8. The van der Waals surface area contributed by atoms with Crippen molar-refractivity contribution in [3.8, 4) is 16.3 Å². The summed E-state index contributed by atoms with van der Waals surface area (Å²) in [6, 6.07) is 7.74. The Morgan fingerprint density at radius 2 is 2.07 bits per heavy atom. The molecule has 148 valence electrons. The van der Waals surface area contributed by atoms with Crippen LogP contribution in [0.5, 0.6) is 5.75 Å². The molecule has 2 heterocycles. The monoisotopic (exact) mass is 417 g/mol. The first-order valence-corrected chi connectivity index (χ1v) is 10.4. The third-order valence-corrected chi connectivity index (χ3v) is 5.72. The van der Waals surface area contributed by atoms with E-state index in [9.17, 15) is 4.79 Å². The molecule has 0 fully saturated rings. The van der Waals surface area contributed by atoms with Gasteiger partial charge >= 0.3 is 0 Å². The van der Waals surface area contributed by atoms with Gasteiger partial charge in [-0.25, -0.2) is 4.98 Å². The van der Waals surface area contributed by atoms with Crippen LogP contribution in [0.2, 0.25) is 0 Å². The summed E-state index contributed by atoms with van der Waals surface area (Å²) in [7, 11) is 0. The SMILES string of the molecule is CCOc1ccc(-c2nc(C)c(C(=O)NCCc3n[nH]c(=S)n3CC)s2)cc1. The van der Waals surface area contributed by atoms with Gasteiger partial charge in [0, 0.05) is 25.1 Å². The van der Waals surface area contributed by atoms with Crippen LogP contribution in [-0.2, 0) is 13.0 Å². The quantitative estimate of drug-likeness (QED) is 0.545. The van der Waals surface area contributed by atoms with Gasteiger partial charge in [0.05, 0.1) is 12.3 Å². The highest BCUT2D eigenvalue weighted by molar-refractivity contribution is 7.71. The van der Waals surface area contributed by atoms with Crippen LogP contribution in [-0.4, -0.2) is 38.8 Å². The van der Waals surface area contributed by atoms with Gasteiger partial charge in [-0.2, -0.15) is 5.10 Å². The van der Waals surface area contributed by atoms with Gasteiger partial charge in [0.2, 0.25) is 0 Å². The third kappa shape index (κ3) is 4.48. The molecule has 0 atom stereocenters. The summed E-state index contributed by atoms with van der Waals surface area (Å²) in [5, 5.41) is 10.8. The minimum Gasteiger partial charge on any atom is -0.494 e. The molecule has 0 saturated heterocycles. The summed E-state index contributed by atoms with van der Waals surface area (Å²) in [4.78, 5) is 17.8. The fraction of sp³-hybridized carbons (Fsp3) is 0.368. The average Bonchev–Trinajstić information content (AvgIpc) is 3.25. The van der Waals surface area contributed by atoms with E-state index in [2.05, 4.69) is 20.5 Å². The van der Waals surface area contributed by atoms with E-state index in [4.69, 9.17) is 17.0 Å². The summed E-state index contributed by atoms with van der Waals surface area (Å²) in [6.07, 6.45) is 0.607. The predicted octanol–water partition coefficient (Wildman–Crippen LogP) is 3.76. The Bertz CT molecular complexity index is 1000. The van der Waals surface area contributed by atoms with Crippen LogP contribution in [0.25, 0.3) is 10.6 Å². The smallest absolute Gasteiger partial charge is 0.263 e. The lowest BCUT2D eigenvalue weighted by Gasteiger charge is -2.05. The summed E-state index contributed by atoms with van der Waals surface area (Å²) >= 11 is 6.57. The van der Waals surface area contributed by atoms with E-state index >= 15 is 0 Å². The van der Waals surface area contributed by atoms with Crippen LogP contribution in [0.15, 0.2) is 24.3 Å². The van der Waals surface area contributed by atoms with Crippen LogP contribution in [0.4, 0.5) is 0 Å². The maximum Gasteiger partial charge on any atom is 0.263 e. The van der Waals surface area contributed by atoms with Crippen LogP contribution in [0.3, 0.4) is 0 Å². The van der Waals surface area contributed by atoms with Crippen LogP contribution in [0, 0.1) is 11.7 Å². The van der Waals surface area contributed by atoms with Crippen LogP contribution in [0.1, 0.15) is 35.0 Å². The van der Waals surface area contributed by atoms with Crippen LogP contribution < -0.4 is 10.1 Å². The molecule has 0 bridgehead atoms. The maximum absolute atomic E-state index is 12.6. The van der Waals surface area contributed by atoms with Gasteiger partial charge in [-0.3, -0.25) is 9.89 Å². The first kappa shape index (κ1) is 20.2. The number of nitrogens with zero attached hydrogens (tertiary/aromatic N) is 3. The Labute approximate surface area is 172 Å². The number of carbonyl (C=O) groups excluding carboxylic acids is 1.